The minimum absolute atomic E-state index is 0.225. The molecule has 1 heterocycles. The first-order chi connectivity index (χ1) is 12.0. The molecule has 25 heavy (non-hydrogen) atoms. The topological polar surface area (TPSA) is 79.2 Å². The summed E-state index contributed by atoms with van der Waals surface area (Å²) in [6, 6.07) is 9.69. The zero-order valence-corrected chi connectivity index (χ0v) is 14.8. The van der Waals surface area contributed by atoms with Crippen LogP contribution in [-0.4, -0.2) is 33.6 Å². The lowest BCUT2D eigenvalue weighted by Gasteiger charge is -2.25. The predicted molar refractivity (Wildman–Crippen MR) is 98.4 cm³/mol. The summed E-state index contributed by atoms with van der Waals surface area (Å²) >= 11 is 0. The summed E-state index contributed by atoms with van der Waals surface area (Å²) in [7, 11) is 1.81. The Labute approximate surface area is 148 Å². The Bertz CT molecular complexity index is 741. The van der Waals surface area contributed by atoms with Gasteiger partial charge in [0, 0.05) is 25.2 Å². The van der Waals surface area contributed by atoms with Crippen molar-refractivity contribution in [2.24, 2.45) is 13.0 Å². The number of hydrogen-bond donors (Lipinski definition) is 3. The summed E-state index contributed by atoms with van der Waals surface area (Å²) < 4.78 is 1.67. The lowest BCUT2D eigenvalue weighted by molar-refractivity contribution is 0.101. The van der Waals surface area contributed by atoms with Crippen LogP contribution in [0.4, 0.5) is 10.6 Å². The second kappa shape index (κ2) is 7.70. The second-order valence-corrected chi connectivity index (χ2v) is 6.87. The number of nitrogens with zero attached hydrogens (tertiary/aromatic N) is 2. The van der Waals surface area contributed by atoms with Gasteiger partial charge in [0.1, 0.15) is 5.82 Å². The number of urea groups is 1. The van der Waals surface area contributed by atoms with Gasteiger partial charge in [0.05, 0.1) is 11.8 Å². The fraction of sp³-hybridized carbons (Fsp3) is 0.474. The predicted octanol–water partition coefficient (Wildman–Crippen LogP) is 3.07. The summed E-state index contributed by atoms with van der Waals surface area (Å²) in [5.41, 5.74) is 3.04. The quantitative estimate of drug-likeness (QED) is 0.799. The van der Waals surface area contributed by atoms with Crippen molar-refractivity contribution in [1.82, 2.24) is 15.1 Å². The molecule has 3 rings (SSSR count). The molecule has 2 aromatic rings. The Morgan fingerprint density at radius 2 is 2.16 bits per heavy atom. The van der Waals surface area contributed by atoms with Crippen molar-refractivity contribution in [1.29, 1.82) is 0 Å². The smallest absolute Gasteiger partial charge is 0.320 e. The molecule has 0 unspecified atom stereocenters. The fourth-order valence-electron chi connectivity index (χ4n) is 3.42. The maximum Gasteiger partial charge on any atom is 0.320 e. The van der Waals surface area contributed by atoms with E-state index >= 15 is 0 Å². The zero-order valence-electron chi connectivity index (χ0n) is 14.8. The van der Waals surface area contributed by atoms with E-state index in [1.807, 2.05) is 44.3 Å². The number of carbonyl (C=O) groups excluding carboxylic acids is 1. The number of nitrogens with one attached hydrogen (secondary N) is 2. The average Bonchev–Trinajstić information content (AvgIpc) is 2.94. The van der Waals surface area contributed by atoms with Crippen molar-refractivity contribution in [3.8, 4) is 11.3 Å². The molecule has 3 N–H and O–H groups in total. The maximum absolute atomic E-state index is 12.2. The van der Waals surface area contributed by atoms with Crippen molar-refractivity contribution < 1.29 is 9.90 Å². The third-order valence-electron chi connectivity index (χ3n) is 4.85. The summed E-state index contributed by atoms with van der Waals surface area (Å²) in [4.78, 5) is 12.2. The van der Waals surface area contributed by atoms with E-state index < -0.39 is 0 Å². The maximum atomic E-state index is 12.2. The minimum Gasteiger partial charge on any atom is -0.393 e. The summed E-state index contributed by atoms with van der Waals surface area (Å²) in [5, 5.41) is 20.0. The van der Waals surface area contributed by atoms with Gasteiger partial charge in [-0.2, -0.15) is 5.10 Å². The molecule has 1 saturated carbocycles. The number of aliphatic hydroxyl groups excluding tert-OH is 1. The molecule has 0 radical (unpaired) electrons. The third-order valence-corrected chi connectivity index (χ3v) is 4.85. The van der Waals surface area contributed by atoms with Crippen molar-refractivity contribution in [3.05, 3.63) is 35.9 Å². The van der Waals surface area contributed by atoms with E-state index in [9.17, 15) is 9.90 Å². The highest BCUT2D eigenvalue weighted by atomic mass is 16.3. The molecule has 134 valence electrons. The molecule has 0 spiro atoms. The number of rotatable bonds is 4. The van der Waals surface area contributed by atoms with Gasteiger partial charge in [0.2, 0.25) is 0 Å². The van der Waals surface area contributed by atoms with Crippen molar-refractivity contribution in [2.45, 2.75) is 38.7 Å². The number of anilines is 1. The van der Waals surface area contributed by atoms with E-state index in [2.05, 4.69) is 15.7 Å². The molecule has 6 nitrogen and oxygen atoms in total. The van der Waals surface area contributed by atoms with Gasteiger partial charge in [-0.15, -0.1) is 0 Å². The largest absolute Gasteiger partial charge is 0.393 e. The lowest BCUT2D eigenvalue weighted by atomic mass is 9.87. The first kappa shape index (κ1) is 17.5. The number of amides is 2. The van der Waals surface area contributed by atoms with Gasteiger partial charge in [-0.3, -0.25) is 10.00 Å². The molecular formula is C19H26N4O2. The Balaban J connectivity index is 1.59. The molecule has 1 aromatic heterocycles. The van der Waals surface area contributed by atoms with E-state index in [-0.39, 0.29) is 12.1 Å². The Hall–Kier alpha value is -2.34. The highest BCUT2D eigenvalue weighted by Gasteiger charge is 2.20. The minimum atomic E-state index is -0.237. The SMILES string of the molecule is Cc1ccccc1-c1cc(NC(=O)NC[C@@H]2CCC[C@@H](O)C2)n(C)n1. The standard InChI is InChI=1S/C19H26N4O2/c1-13-6-3-4-9-16(13)17-11-18(23(2)22-17)21-19(25)20-12-14-7-5-8-15(24)10-14/h3-4,6,9,11,14-15,24H,5,7-8,10,12H2,1-2H3,(H2,20,21,25)/t14-,15-/m1/s1. The van der Waals surface area contributed by atoms with Crippen LogP contribution < -0.4 is 10.6 Å². The van der Waals surface area contributed by atoms with Crippen molar-refractivity contribution in [2.75, 3.05) is 11.9 Å². The summed E-state index contributed by atoms with van der Waals surface area (Å²) in [6.07, 6.45) is 3.50. The van der Waals surface area contributed by atoms with Gasteiger partial charge >= 0.3 is 6.03 Å². The van der Waals surface area contributed by atoms with E-state index in [0.717, 1.165) is 42.5 Å². The molecular weight excluding hydrogens is 316 g/mol. The number of benzene rings is 1. The summed E-state index contributed by atoms with van der Waals surface area (Å²) in [5.74, 6) is 1.00. The van der Waals surface area contributed by atoms with Gasteiger partial charge in [-0.05, 0) is 37.7 Å². The highest BCUT2D eigenvalue weighted by Crippen LogP contribution is 2.25. The molecule has 1 fully saturated rings. The van der Waals surface area contributed by atoms with Crippen molar-refractivity contribution >= 4 is 11.8 Å². The van der Waals surface area contributed by atoms with Gasteiger partial charge < -0.3 is 10.4 Å². The first-order valence-electron chi connectivity index (χ1n) is 8.86. The molecule has 2 atom stereocenters. The van der Waals surface area contributed by atoms with Crippen LogP contribution in [0.1, 0.15) is 31.2 Å². The number of hydrogen-bond acceptors (Lipinski definition) is 3. The Morgan fingerprint density at radius 1 is 1.36 bits per heavy atom. The molecule has 1 aliphatic rings. The van der Waals surface area contributed by atoms with E-state index in [0.29, 0.717) is 18.3 Å². The highest BCUT2D eigenvalue weighted by molar-refractivity contribution is 5.89. The van der Waals surface area contributed by atoms with E-state index in [4.69, 9.17) is 0 Å². The molecule has 0 aliphatic heterocycles. The number of aliphatic hydroxyl groups is 1. The van der Waals surface area contributed by atoms with Crippen LogP contribution in [0.15, 0.2) is 30.3 Å². The molecule has 1 aromatic carbocycles. The van der Waals surface area contributed by atoms with E-state index in [1.165, 1.54) is 0 Å². The van der Waals surface area contributed by atoms with Crippen LogP contribution in [0.2, 0.25) is 0 Å². The van der Waals surface area contributed by atoms with Crippen LogP contribution in [-0.2, 0) is 7.05 Å². The van der Waals surface area contributed by atoms with Gasteiger partial charge in [-0.25, -0.2) is 4.79 Å². The monoisotopic (exact) mass is 342 g/mol. The number of aromatic nitrogens is 2. The van der Waals surface area contributed by atoms with E-state index in [1.54, 1.807) is 4.68 Å². The Morgan fingerprint density at radius 3 is 2.92 bits per heavy atom. The first-order valence-corrected chi connectivity index (χ1v) is 8.86. The normalized spacial score (nSPS) is 20.3. The van der Waals surface area contributed by atoms with Gasteiger partial charge in [0.25, 0.3) is 0 Å². The van der Waals surface area contributed by atoms with Gasteiger partial charge in [-0.1, -0.05) is 30.7 Å². The fourth-order valence-corrected chi connectivity index (χ4v) is 3.42. The zero-order chi connectivity index (χ0) is 17.8. The lowest BCUT2D eigenvalue weighted by Crippen LogP contribution is -2.35. The molecule has 2 amide bonds. The van der Waals surface area contributed by atoms with Crippen LogP contribution in [0.3, 0.4) is 0 Å². The van der Waals surface area contributed by atoms with Crippen LogP contribution >= 0.6 is 0 Å². The average molecular weight is 342 g/mol. The second-order valence-electron chi connectivity index (χ2n) is 6.87. The van der Waals surface area contributed by atoms with Gasteiger partial charge in [0.15, 0.2) is 0 Å². The molecule has 1 aliphatic carbocycles. The summed E-state index contributed by atoms with van der Waals surface area (Å²) in [6.45, 7) is 2.63. The number of carbonyl (C=O) groups is 1. The third kappa shape index (κ3) is 4.39. The van der Waals surface area contributed by atoms with Crippen LogP contribution in [0, 0.1) is 12.8 Å². The van der Waals surface area contributed by atoms with Crippen LogP contribution in [0.5, 0.6) is 0 Å². The Kier molecular flexibility index (Phi) is 5.38. The molecule has 6 heteroatoms. The van der Waals surface area contributed by atoms with Crippen molar-refractivity contribution in [3.63, 3.8) is 0 Å². The van der Waals surface area contributed by atoms with Crippen LogP contribution in [0.25, 0.3) is 11.3 Å². The molecule has 0 bridgehead atoms. The number of aryl methyl sites for hydroxylation is 2. The molecule has 0 saturated heterocycles.